The van der Waals surface area contributed by atoms with Crippen molar-refractivity contribution < 1.29 is 4.39 Å². The van der Waals surface area contributed by atoms with Crippen LogP contribution in [0.5, 0.6) is 0 Å². The molecular formula is C17H25FN2. The van der Waals surface area contributed by atoms with Crippen molar-refractivity contribution in [3.8, 4) is 0 Å². The van der Waals surface area contributed by atoms with Crippen LogP contribution in [-0.2, 0) is 0 Å². The molecule has 2 saturated heterocycles. The van der Waals surface area contributed by atoms with Crippen molar-refractivity contribution in [1.82, 2.24) is 10.2 Å². The summed E-state index contributed by atoms with van der Waals surface area (Å²) in [5, 5.41) is 3.51. The van der Waals surface area contributed by atoms with Crippen LogP contribution in [0.15, 0.2) is 24.3 Å². The molecule has 20 heavy (non-hydrogen) atoms. The minimum Gasteiger partial charge on any atom is -0.316 e. The molecule has 1 N–H and O–H groups in total. The molecule has 2 heterocycles. The fraction of sp³-hybridized carbons (Fsp3) is 0.647. The first kappa shape index (κ1) is 14.0. The van der Waals surface area contributed by atoms with E-state index in [0.29, 0.717) is 6.04 Å². The van der Waals surface area contributed by atoms with Gasteiger partial charge in [0.2, 0.25) is 0 Å². The van der Waals surface area contributed by atoms with Gasteiger partial charge in [-0.25, -0.2) is 4.39 Å². The van der Waals surface area contributed by atoms with E-state index >= 15 is 0 Å². The van der Waals surface area contributed by atoms with E-state index in [1.807, 2.05) is 12.1 Å². The van der Waals surface area contributed by atoms with Crippen molar-refractivity contribution in [3.63, 3.8) is 0 Å². The lowest BCUT2D eigenvalue weighted by atomic mass is 9.92. The third-order valence-electron chi connectivity index (χ3n) is 4.76. The molecule has 2 aliphatic heterocycles. The van der Waals surface area contributed by atoms with Crippen LogP contribution in [0.1, 0.15) is 43.7 Å². The Kier molecular flexibility index (Phi) is 4.69. The SMILES string of the molecule is Fc1ccc(C2CCCCN2CC2CCCNC2)cc1. The number of halogens is 1. The van der Waals surface area contributed by atoms with Crippen molar-refractivity contribution in [2.45, 2.75) is 38.1 Å². The Morgan fingerprint density at radius 1 is 1.10 bits per heavy atom. The van der Waals surface area contributed by atoms with Gasteiger partial charge in [-0.3, -0.25) is 4.90 Å². The lowest BCUT2D eigenvalue weighted by Gasteiger charge is -2.39. The fourth-order valence-corrected chi connectivity index (χ4v) is 3.68. The number of nitrogens with one attached hydrogen (secondary N) is 1. The predicted octanol–water partition coefficient (Wildman–Crippen LogP) is 3.35. The number of likely N-dealkylation sites (tertiary alicyclic amines) is 1. The standard InChI is InChI=1S/C17H25FN2/c18-16-8-6-15(7-9-16)17-5-1-2-11-20(17)13-14-4-3-10-19-12-14/h6-9,14,17,19H,1-5,10-13H2. The van der Waals surface area contributed by atoms with Gasteiger partial charge in [0.05, 0.1) is 0 Å². The zero-order chi connectivity index (χ0) is 13.8. The minimum atomic E-state index is -0.132. The summed E-state index contributed by atoms with van der Waals surface area (Å²) >= 11 is 0. The molecular weight excluding hydrogens is 251 g/mol. The van der Waals surface area contributed by atoms with Gasteiger partial charge in [-0.15, -0.1) is 0 Å². The molecule has 110 valence electrons. The maximum atomic E-state index is 13.1. The van der Waals surface area contributed by atoms with E-state index in [1.165, 1.54) is 57.3 Å². The minimum absolute atomic E-state index is 0.132. The molecule has 2 fully saturated rings. The Hall–Kier alpha value is -0.930. The van der Waals surface area contributed by atoms with Crippen LogP contribution in [0.3, 0.4) is 0 Å². The normalized spacial score (nSPS) is 28.4. The summed E-state index contributed by atoms with van der Waals surface area (Å²) in [6, 6.07) is 7.63. The van der Waals surface area contributed by atoms with E-state index in [4.69, 9.17) is 0 Å². The number of rotatable bonds is 3. The van der Waals surface area contributed by atoms with Gasteiger partial charge in [-0.2, -0.15) is 0 Å². The quantitative estimate of drug-likeness (QED) is 0.910. The molecule has 0 radical (unpaired) electrons. The molecule has 1 aromatic rings. The van der Waals surface area contributed by atoms with Crippen LogP contribution in [0.4, 0.5) is 4.39 Å². The zero-order valence-corrected chi connectivity index (χ0v) is 12.2. The molecule has 0 bridgehead atoms. The van der Waals surface area contributed by atoms with Gasteiger partial charge in [0.25, 0.3) is 0 Å². The molecule has 0 aliphatic carbocycles. The van der Waals surface area contributed by atoms with Gasteiger partial charge < -0.3 is 5.32 Å². The largest absolute Gasteiger partial charge is 0.316 e. The number of nitrogens with zero attached hydrogens (tertiary/aromatic N) is 1. The summed E-state index contributed by atoms with van der Waals surface area (Å²) in [4.78, 5) is 2.63. The van der Waals surface area contributed by atoms with Crippen molar-refractivity contribution in [2.24, 2.45) is 5.92 Å². The molecule has 2 atom stereocenters. The summed E-state index contributed by atoms with van der Waals surface area (Å²) in [5.74, 6) is 0.650. The molecule has 3 heteroatoms. The molecule has 2 aliphatic rings. The van der Waals surface area contributed by atoms with Gasteiger partial charge in [-0.1, -0.05) is 18.6 Å². The highest BCUT2D eigenvalue weighted by Gasteiger charge is 2.26. The average Bonchev–Trinajstić information content (AvgIpc) is 2.50. The van der Waals surface area contributed by atoms with Gasteiger partial charge in [-0.05, 0) is 68.9 Å². The Bertz CT molecular complexity index is 412. The first-order chi connectivity index (χ1) is 9.83. The Labute approximate surface area is 121 Å². The second kappa shape index (κ2) is 6.68. The number of hydrogen-bond acceptors (Lipinski definition) is 2. The Morgan fingerprint density at radius 2 is 1.95 bits per heavy atom. The maximum Gasteiger partial charge on any atom is 0.123 e. The van der Waals surface area contributed by atoms with Gasteiger partial charge in [0, 0.05) is 12.6 Å². The zero-order valence-electron chi connectivity index (χ0n) is 12.2. The summed E-state index contributed by atoms with van der Waals surface area (Å²) in [6.07, 6.45) is 6.46. The van der Waals surface area contributed by atoms with E-state index in [-0.39, 0.29) is 5.82 Å². The van der Waals surface area contributed by atoms with Crippen molar-refractivity contribution >= 4 is 0 Å². The monoisotopic (exact) mass is 276 g/mol. The van der Waals surface area contributed by atoms with Crippen molar-refractivity contribution in [3.05, 3.63) is 35.6 Å². The smallest absolute Gasteiger partial charge is 0.123 e. The Balaban J connectivity index is 1.68. The maximum absolute atomic E-state index is 13.1. The van der Waals surface area contributed by atoms with Crippen LogP contribution < -0.4 is 5.32 Å². The molecule has 0 amide bonds. The van der Waals surface area contributed by atoms with Gasteiger partial charge in [0.1, 0.15) is 5.82 Å². The molecule has 0 aromatic heterocycles. The number of benzene rings is 1. The number of piperidine rings is 2. The van der Waals surface area contributed by atoms with E-state index in [0.717, 1.165) is 12.5 Å². The lowest BCUT2D eigenvalue weighted by Crippen LogP contribution is -2.41. The molecule has 1 aromatic carbocycles. The first-order valence-corrected chi connectivity index (χ1v) is 8.03. The molecule has 3 rings (SSSR count). The highest BCUT2D eigenvalue weighted by Crippen LogP contribution is 2.32. The first-order valence-electron chi connectivity index (χ1n) is 8.03. The summed E-state index contributed by atoms with van der Waals surface area (Å²) < 4.78 is 13.1. The molecule has 0 saturated carbocycles. The Morgan fingerprint density at radius 3 is 2.70 bits per heavy atom. The molecule has 0 spiro atoms. The van der Waals surface area contributed by atoms with E-state index in [9.17, 15) is 4.39 Å². The highest BCUT2D eigenvalue weighted by molar-refractivity contribution is 5.20. The number of hydrogen-bond donors (Lipinski definition) is 1. The topological polar surface area (TPSA) is 15.3 Å². The average molecular weight is 276 g/mol. The molecule has 2 unspecified atom stereocenters. The van der Waals surface area contributed by atoms with E-state index in [2.05, 4.69) is 10.2 Å². The second-order valence-corrected chi connectivity index (χ2v) is 6.27. The lowest BCUT2D eigenvalue weighted by molar-refractivity contribution is 0.117. The van der Waals surface area contributed by atoms with E-state index < -0.39 is 0 Å². The van der Waals surface area contributed by atoms with Crippen LogP contribution in [-0.4, -0.2) is 31.1 Å². The highest BCUT2D eigenvalue weighted by atomic mass is 19.1. The van der Waals surface area contributed by atoms with Crippen LogP contribution in [0.25, 0.3) is 0 Å². The van der Waals surface area contributed by atoms with Crippen molar-refractivity contribution in [1.29, 1.82) is 0 Å². The third kappa shape index (κ3) is 3.39. The van der Waals surface area contributed by atoms with Gasteiger partial charge in [0.15, 0.2) is 0 Å². The van der Waals surface area contributed by atoms with Crippen LogP contribution >= 0.6 is 0 Å². The fourth-order valence-electron chi connectivity index (χ4n) is 3.68. The van der Waals surface area contributed by atoms with Crippen LogP contribution in [0, 0.1) is 11.7 Å². The van der Waals surface area contributed by atoms with Crippen LogP contribution in [0.2, 0.25) is 0 Å². The third-order valence-corrected chi connectivity index (χ3v) is 4.76. The van der Waals surface area contributed by atoms with E-state index in [1.54, 1.807) is 12.1 Å². The summed E-state index contributed by atoms with van der Waals surface area (Å²) in [7, 11) is 0. The predicted molar refractivity (Wildman–Crippen MR) is 80.2 cm³/mol. The summed E-state index contributed by atoms with van der Waals surface area (Å²) in [5.41, 5.74) is 1.29. The van der Waals surface area contributed by atoms with Crippen molar-refractivity contribution in [2.75, 3.05) is 26.2 Å². The second-order valence-electron chi connectivity index (χ2n) is 6.27. The molecule has 2 nitrogen and oxygen atoms in total. The summed E-state index contributed by atoms with van der Waals surface area (Å²) in [6.45, 7) is 4.72. The van der Waals surface area contributed by atoms with Gasteiger partial charge >= 0.3 is 0 Å².